The molecule has 98 valence electrons. The molecule has 1 aromatic carbocycles. The van der Waals surface area contributed by atoms with Crippen LogP contribution in [0.5, 0.6) is 0 Å². The molecule has 0 radical (unpaired) electrons. The van der Waals surface area contributed by atoms with Crippen LogP contribution in [0.4, 0.5) is 11.4 Å². The molecule has 1 rings (SSSR count). The van der Waals surface area contributed by atoms with Gasteiger partial charge in [-0.2, -0.15) is 0 Å². The van der Waals surface area contributed by atoms with Crippen molar-refractivity contribution in [1.82, 2.24) is 4.90 Å². The Kier molecular flexibility index (Phi) is 4.66. The number of carbonyl (C=O) groups excluding carboxylic acids is 1. The first-order valence-corrected chi connectivity index (χ1v) is 6.04. The van der Waals surface area contributed by atoms with Gasteiger partial charge in [0.15, 0.2) is 0 Å². The van der Waals surface area contributed by atoms with Crippen LogP contribution in [0.15, 0.2) is 22.7 Å². The van der Waals surface area contributed by atoms with Crippen molar-refractivity contribution in [3.05, 3.63) is 32.8 Å². The normalized spacial score (nSPS) is 11.8. The number of benzene rings is 1. The Morgan fingerprint density at radius 2 is 2.11 bits per heavy atom. The van der Waals surface area contributed by atoms with Gasteiger partial charge in [0.2, 0.25) is 5.91 Å². The maximum absolute atomic E-state index is 11.7. The highest BCUT2D eigenvalue weighted by Crippen LogP contribution is 2.27. The second-order valence-corrected chi connectivity index (χ2v) is 4.87. The van der Waals surface area contributed by atoms with Crippen molar-refractivity contribution >= 4 is 33.2 Å². The highest BCUT2D eigenvalue weighted by atomic mass is 79.9. The third-order valence-corrected chi connectivity index (χ3v) is 3.00. The lowest BCUT2D eigenvalue weighted by molar-refractivity contribution is -0.384. The number of nitrogens with zero attached hydrogens (tertiary/aromatic N) is 2. The number of halogens is 1. The lowest BCUT2D eigenvalue weighted by Gasteiger charge is -2.19. The highest BCUT2D eigenvalue weighted by molar-refractivity contribution is 9.10. The van der Waals surface area contributed by atoms with E-state index in [0.29, 0.717) is 10.2 Å². The van der Waals surface area contributed by atoms with E-state index in [2.05, 4.69) is 21.2 Å². The number of nitrogens with one attached hydrogen (secondary N) is 1. The first-order valence-electron chi connectivity index (χ1n) is 5.24. The number of nitro benzene ring substituents is 1. The largest absolute Gasteiger partial charge is 0.373 e. The number of non-ortho nitro benzene ring substituents is 1. The van der Waals surface area contributed by atoms with Gasteiger partial charge in [-0.15, -0.1) is 0 Å². The standard InChI is InChI=1S/C11H14BrN3O3/c1-7(11(16)14(2)3)13-10-5-4-8(15(17)18)6-9(10)12/h4-7,13H,1-3H3/t7-/m0/s1. The molecule has 18 heavy (non-hydrogen) atoms. The Balaban J connectivity index is 2.86. The zero-order chi connectivity index (χ0) is 13.9. The van der Waals surface area contributed by atoms with E-state index in [1.165, 1.54) is 17.0 Å². The number of carbonyl (C=O) groups is 1. The number of anilines is 1. The molecule has 0 spiro atoms. The Morgan fingerprint density at radius 1 is 1.50 bits per heavy atom. The summed E-state index contributed by atoms with van der Waals surface area (Å²) in [5.74, 6) is -0.0692. The van der Waals surface area contributed by atoms with Gasteiger partial charge in [-0.25, -0.2) is 0 Å². The predicted octanol–water partition coefficient (Wildman–Crippen LogP) is 2.25. The monoisotopic (exact) mass is 315 g/mol. The first-order chi connectivity index (χ1) is 8.32. The highest BCUT2D eigenvalue weighted by Gasteiger charge is 2.16. The fourth-order valence-electron chi connectivity index (χ4n) is 1.42. The molecule has 1 aromatic rings. The SMILES string of the molecule is C[C@H](Nc1ccc([N+](=O)[O-])cc1Br)C(=O)N(C)C. The van der Waals surface area contributed by atoms with E-state index in [4.69, 9.17) is 0 Å². The smallest absolute Gasteiger partial charge is 0.270 e. The van der Waals surface area contributed by atoms with Crippen molar-refractivity contribution in [3.8, 4) is 0 Å². The summed E-state index contributed by atoms with van der Waals surface area (Å²) in [7, 11) is 3.34. The fraction of sp³-hybridized carbons (Fsp3) is 0.364. The number of hydrogen-bond donors (Lipinski definition) is 1. The molecule has 0 aliphatic carbocycles. The Morgan fingerprint density at radius 3 is 2.56 bits per heavy atom. The van der Waals surface area contributed by atoms with E-state index in [0.717, 1.165) is 0 Å². The van der Waals surface area contributed by atoms with E-state index in [1.807, 2.05) is 0 Å². The van der Waals surface area contributed by atoms with Gasteiger partial charge in [0.05, 0.1) is 4.92 Å². The van der Waals surface area contributed by atoms with Gasteiger partial charge < -0.3 is 10.2 Å². The molecule has 0 bridgehead atoms. The molecule has 1 amide bonds. The van der Waals surface area contributed by atoms with Crippen molar-refractivity contribution in [1.29, 1.82) is 0 Å². The van der Waals surface area contributed by atoms with Crippen LogP contribution >= 0.6 is 15.9 Å². The summed E-state index contributed by atoms with van der Waals surface area (Å²) in [5.41, 5.74) is 0.641. The molecule has 6 nitrogen and oxygen atoms in total. The Labute approximate surface area is 113 Å². The molecule has 0 unspecified atom stereocenters. The summed E-state index contributed by atoms with van der Waals surface area (Å²) in [5, 5.41) is 13.6. The van der Waals surface area contributed by atoms with Crippen molar-refractivity contribution < 1.29 is 9.72 Å². The van der Waals surface area contributed by atoms with Gasteiger partial charge >= 0.3 is 0 Å². The zero-order valence-corrected chi connectivity index (χ0v) is 11.9. The second kappa shape index (κ2) is 5.81. The van der Waals surface area contributed by atoms with Crippen LogP contribution in [0, 0.1) is 10.1 Å². The van der Waals surface area contributed by atoms with Crippen LogP contribution in [-0.4, -0.2) is 35.9 Å². The van der Waals surface area contributed by atoms with Gasteiger partial charge in [0, 0.05) is 36.4 Å². The molecule has 0 aliphatic heterocycles. The minimum Gasteiger partial charge on any atom is -0.373 e. The average Bonchev–Trinajstić information content (AvgIpc) is 2.30. The van der Waals surface area contributed by atoms with E-state index >= 15 is 0 Å². The molecule has 1 atom stereocenters. The molecule has 7 heteroatoms. The number of nitro groups is 1. The third-order valence-electron chi connectivity index (χ3n) is 2.35. The van der Waals surface area contributed by atoms with Crippen LogP contribution in [0.2, 0.25) is 0 Å². The van der Waals surface area contributed by atoms with Gasteiger partial charge in [0.1, 0.15) is 6.04 Å². The lowest BCUT2D eigenvalue weighted by atomic mass is 10.2. The van der Waals surface area contributed by atoms with Crippen molar-refractivity contribution in [2.45, 2.75) is 13.0 Å². The van der Waals surface area contributed by atoms with E-state index in [-0.39, 0.29) is 11.6 Å². The van der Waals surface area contributed by atoms with Crippen molar-refractivity contribution in [3.63, 3.8) is 0 Å². The van der Waals surface area contributed by atoms with Crippen LogP contribution in [0.3, 0.4) is 0 Å². The van der Waals surface area contributed by atoms with Gasteiger partial charge in [-0.05, 0) is 28.9 Å². The fourth-order valence-corrected chi connectivity index (χ4v) is 1.90. The summed E-state index contributed by atoms with van der Waals surface area (Å²) < 4.78 is 0.551. The Bertz CT molecular complexity index is 477. The van der Waals surface area contributed by atoms with Crippen molar-refractivity contribution in [2.75, 3.05) is 19.4 Å². The topological polar surface area (TPSA) is 75.5 Å². The van der Waals surface area contributed by atoms with E-state index in [9.17, 15) is 14.9 Å². The number of hydrogen-bond acceptors (Lipinski definition) is 4. The summed E-state index contributed by atoms with van der Waals surface area (Å²) in [6.07, 6.45) is 0. The number of amides is 1. The molecule has 1 N–H and O–H groups in total. The van der Waals surface area contributed by atoms with Crippen LogP contribution < -0.4 is 5.32 Å². The molecular formula is C11H14BrN3O3. The van der Waals surface area contributed by atoms with Crippen molar-refractivity contribution in [2.24, 2.45) is 0 Å². The van der Waals surface area contributed by atoms with E-state index < -0.39 is 11.0 Å². The van der Waals surface area contributed by atoms with Crippen LogP contribution in [0.1, 0.15) is 6.92 Å². The second-order valence-electron chi connectivity index (χ2n) is 4.02. The van der Waals surface area contributed by atoms with Gasteiger partial charge in [-0.3, -0.25) is 14.9 Å². The quantitative estimate of drug-likeness (QED) is 0.683. The lowest BCUT2D eigenvalue weighted by Crippen LogP contribution is -2.36. The maximum atomic E-state index is 11.7. The van der Waals surface area contributed by atoms with Gasteiger partial charge in [0.25, 0.3) is 5.69 Å². The maximum Gasteiger partial charge on any atom is 0.270 e. The summed E-state index contributed by atoms with van der Waals surface area (Å²) in [6, 6.07) is 3.95. The average molecular weight is 316 g/mol. The Hall–Kier alpha value is -1.63. The molecule has 0 saturated heterocycles. The molecule has 0 fully saturated rings. The van der Waals surface area contributed by atoms with E-state index in [1.54, 1.807) is 27.1 Å². The number of likely N-dealkylation sites (N-methyl/N-ethyl adjacent to an activating group) is 1. The van der Waals surface area contributed by atoms with Gasteiger partial charge in [-0.1, -0.05) is 0 Å². The third kappa shape index (κ3) is 3.43. The summed E-state index contributed by atoms with van der Waals surface area (Å²) in [4.78, 5) is 23.3. The summed E-state index contributed by atoms with van der Waals surface area (Å²) >= 11 is 3.24. The number of rotatable bonds is 4. The molecule has 0 aliphatic rings. The molecule has 0 aromatic heterocycles. The first kappa shape index (κ1) is 14.4. The molecule has 0 saturated carbocycles. The minimum absolute atomic E-state index is 0.000913. The van der Waals surface area contributed by atoms with Crippen LogP contribution in [0.25, 0.3) is 0 Å². The summed E-state index contributed by atoms with van der Waals surface area (Å²) in [6.45, 7) is 1.73. The molecule has 0 heterocycles. The minimum atomic E-state index is -0.469. The predicted molar refractivity (Wildman–Crippen MR) is 72.6 cm³/mol. The molecular weight excluding hydrogens is 302 g/mol. The van der Waals surface area contributed by atoms with Crippen LogP contribution in [-0.2, 0) is 4.79 Å². The zero-order valence-electron chi connectivity index (χ0n) is 10.3.